The Morgan fingerprint density at radius 1 is 1.42 bits per heavy atom. The molecule has 0 fully saturated rings. The van der Waals surface area contributed by atoms with Crippen LogP contribution in [0.3, 0.4) is 0 Å². The second-order valence-electron chi connectivity index (χ2n) is 5.34. The monoisotopic (exact) mass is 410 g/mol. The van der Waals surface area contributed by atoms with E-state index in [0.29, 0.717) is 30.4 Å². The maximum absolute atomic E-state index is 11.7. The smallest absolute Gasteiger partial charge is 0.288 e. The molecule has 0 spiro atoms. The van der Waals surface area contributed by atoms with Crippen molar-refractivity contribution in [2.24, 2.45) is 5.73 Å². The molecule has 124 valence electrons. The first-order chi connectivity index (χ1) is 11.4. The average Bonchev–Trinajstić information content (AvgIpc) is 2.57. The number of fused-ring (bicyclic) bond motifs is 1. The summed E-state index contributed by atoms with van der Waals surface area (Å²) in [6.07, 6.45) is 1.83. The van der Waals surface area contributed by atoms with Crippen molar-refractivity contribution in [3.8, 4) is 0 Å². The molecule has 0 saturated carbocycles. The van der Waals surface area contributed by atoms with E-state index in [-0.39, 0.29) is 11.3 Å². The van der Waals surface area contributed by atoms with Gasteiger partial charge in [0.25, 0.3) is 11.6 Å². The van der Waals surface area contributed by atoms with Crippen LogP contribution in [0.1, 0.15) is 21.5 Å². The third-order valence-electron chi connectivity index (χ3n) is 3.93. The molecule has 24 heavy (non-hydrogen) atoms. The number of halogens is 2. The Morgan fingerprint density at radius 3 is 2.83 bits per heavy atom. The van der Waals surface area contributed by atoms with E-state index in [2.05, 4.69) is 20.9 Å². The zero-order chi connectivity index (χ0) is 17.4. The number of carbonyl (C=O) groups is 1. The van der Waals surface area contributed by atoms with Crippen LogP contribution < -0.4 is 10.6 Å². The summed E-state index contributed by atoms with van der Waals surface area (Å²) in [5.41, 5.74) is 7.18. The number of nitro groups is 1. The fraction of sp³-hybridized carbons (Fsp3) is 0.200. The second kappa shape index (κ2) is 6.37. The van der Waals surface area contributed by atoms with E-state index < -0.39 is 10.8 Å². The van der Waals surface area contributed by atoms with Crippen molar-refractivity contribution >= 4 is 44.9 Å². The lowest BCUT2D eigenvalue weighted by Gasteiger charge is -2.31. The number of nitrogens with two attached hydrogens (primary N) is 1. The number of pyridine rings is 1. The Hall–Kier alpha value is -2.19. The van der Waals surface area contributed by atoms with Crippen molar-refractivity contribution in [3.63, 3.8) is 0 Å². The molecule has 1 aliphatic rings. The zero-order valence-electron chi connectivity index (χ0n) is 12.3. The lowest BCUT2D eigenvalue weighted by atomic mass is 9.99. The van der Waals surface area contributed by atoms with Crippen molar-refractivity contribution in [2.75, 3.05) is 11.4 Å². The largest absolute Gasteiger partial charge is 0.365 e. The molecule has 0 atom stereocenters. The number of carbonyl (C=O) groups excluding carboxylic acids is 1. The van der Waals surface area contributed by atoms with Gasteiger partial charge < -0.3 is 10.6 Å². The molecular weight excluding hydrogens is 400 g/mol. The summed E-state index contributed by atoms with van der Waals surface area (Å²) in [6, 6.07) is 4.85. The Balaban J connectivity index is 2.03. The normalized spacial score (nSPS) is 13.5. The van der Waals surface area contributed by atoms with Gasteiger partial charge in [-0.25, -0.2) is 4.98 Å². The predicted molar refractivity (Wildman–Crippen MR) is 93.3 cm³/mol. The van der Waals surface area contributed by atoms with Gasteiger partial charge in [-0.2, -0.15) is 0 Å². The van der Waals surface area contributed by atoms with E-state index in [1.165, 1.54) is 0 Å². The lowest BCUT2D eigenvalue weighted by Crippen LogP contribution is -2.33. The summed E-state index contributed by atoms with van der Waals surface area (Å²) in [7, 11) is 0. The number of benzene rings is 1. The molecule has 1 aromatic carbocycles. The number of hydrogen-bond acceptors (Lipinski definition) is 5. The van der Waals surface area contributed by atoms with Crippen molar-refractivity contribution in [1.29, 1.82) is 0 Å². The number of nitrogens with zero attached hydrogens (tertiary/aromatic N) is 3. The third-order valence-corrected chi connectivity index (χ3v) is 5.02. The summed E-state index contributed by atoms with van der Waals surface area (Å²) in [6.45, 7) is 1.04. The Labute approximate surface area is 150 Å². The maximum Gasteiger partial charge on any atom is 0.288 e. The van der Waals surface area contributed by atoms with Gasteiger partial charge in [-0.3, -0.25) is 14.9 Å². The van der Waals surface area contributed by atoms with Gasteiger partial charge in [-0.15, -0.1) is 0 Å². The molecule has 9 heteroatoms. The molecule has 0 aliphatic carbocycles. The third kappa shape index (κ3) is 2.94. The zero-order valence-corrected chi connectivity index (χ0v) is 14.7. The quantitative estimate of drug-likeness (QED) is 0.617. The average molecular weight is 412 g/mol. The molecule has 1 amide bonds. The van der Waals surface area contributed by atoms with Crippen LogP contribution >= 0.6 is 27.5 Å². The second-order valence-corrected chi connectivity index (χ2v) is 6.61. The fourth-order valence-electron chi connectivity index (χ4n) is 2.75. The van der Waals surface area contributed by atoms with E-state index in [9.17, 15) is 14.9 Å². The summed E-state index contributed by atoms with van der Waals surface area (Å²) < 4.78 is 0.980. The van der Waals surface area contributed by atoms with Crippen LogP contribution in [0.5, 0.6) is 0 Å². The maximum atomic E-state index is 11.7. The first kappa shape index (κ1) is 16.7. The summed E-state index contributed by atoms with van der Waals surface area (Å²) in [5, 5.41) is 11.5. The summed E-state index contributed by atoms with van der Waals surface area (Å²) in [5.74, 6) is -0.429. The fourth-order valence-corrected chi connectivity index (χ4v) is 3.56. The molecule has 2 aromatic rings. The van der Waals surface area contributed by atoms with E-state index in [1.54, 1.807) is 6.07 Å². The lowest BCUT2D eigenvalue weighted by molar-refractivity contribution is -0.385. The highest BCUT2D eigenvalue weighted by molar-refractivity contribution is 9.10. The molecule has 0 saturated heterocycles. The highest BCUT2D eigenvalue weighted by Gasteiger charge is 2.26. The minimum absolute atomic E-state index is 0.0266. The van der Waals surface area contributed by atoms with Crippen LogP contribution in [-0.4, -0.2) is 22.4 Å². The van der Waals surface area contributed by atoms with Crippen molar-refractivity contribution in [2.45, 2.75) is 13.0 Å². The van der Waals surface area contributed by atoms with Crippen LogP contribution in [0.25, 0.3) is 0 Å². The number of anilines is 1. The van der Waals surface area contributed by atoms with E-state index >= 15 is 0 Å². The first-order valence-electron chi connectivity index (χ1n) is 7.03. The number of rotatable bonds is 3. The van der Waals surface area contributed by atoms with Crippen LogP contribution in [-0.2, 0) is 13.0 Å². The molecule has 1 aromatic heterocycles. The molecule has 0 radical (unpaired) electrons. The predicted octanol–water partition coefficient (Wildman–Crippen LogP) is 3.07. The van der Waals surface area contributed by atoms with Crippen molar-refractivity contribution < 1.29 is 9.72 Å². The molecule has 2 N–H and O–H groups in total. The van der Waals surface area contributed by atoms with E-state index in [4.69, 9.17) is 17.3 Å². The van der Waals surface area contributed by atoms with E-state index in [1.807, 2.05) is 11.0 Å². The topological polar surface area (TPSA) is 102 Å². The number of aromatic nitrogens is 1. The molecule has 0 bridgehead atoms. The van der Waals surface area contributed by atoms with Crippen LogP contribution in [0, 0.1) is 10.1 Å². The van der Waals surface area contributed by atoms with Crippen LogP contribution in [0.15, 0.2) is 28.9 Å². The minimum Gasteiger partial charge on any atom is -0.365 e. The molecule has 3 rings (SSSR count). The molecule has 2 heterocycles. The van der Waals surface area contributed by atoms with Gasteiger partial charge in [0.05, 0.1) is 10.5 Å². The van der Waals surface area contributed by atoms with Crippen molar-refractivity contribution in [3.05, 3.63) is 60.7 Å². The SMILES string of the molecule is NC(=O)c1cc([N+](=O)[O-])cnc1N1CCc2c(Br)ccc(Cl)c2C1. The highest BCUT2D eigenvalue weighted by Crippen LogP contribution is 2.34. The van der Waals surface area contributed by atoms with Gasteiger partial charge >= 0.3 is 0 Å². The number of hydrogen-bond donors (Lipinski definition) is 1. The Kier molecular flexibility index (Phi) is 4.42. The summed E-state index contributed by atoms with van der Waals surface area (Å²) >= 11 is 9.80. The molecular formula is C15H12BrClN4O3. The van der Waals surface area contributed by atoms with Gasteiger partial charge in [0.15, 0.2) is 0 Å². The molecule has 7 nitrogen and oxygen atoms in total. The van der Waals surface area contributed by atoms with Gasteiger partial charge in [-0.05, 0) is 29.7 Å². The standard InChI is InChI=1S/C15H12BrClN4O3/c16-12-1-2-13(17)11-7-20(4-3-9(11)12)15-10(14(18)22)5-8(6-19-15)21(23)24/h1-2,5-6H,3-4,7H2,(H2,18,22). The Morgan fingerprint density at radius 2 is 2.17 bits per heavy atom. The van der Waals surface area contributed by atoms with Gasteiger partial charge in [-0.1, -0.05) is 27.5 Å². The van der Waals surface area contributed by atoms with Crippen molar-refractivity contribution in [1.82, 2.24) is 4.98 Å². The van der Waals surface area contributed by atoms with Gasteiger partial charge in [0.2, 0.25) is 0 Å². The van der Waals surface area contributed by atoms with E-state index in [0.717, 1.165) is 27.9 Å². The minimum atomic E-state index is -0.757. The highest BCUT2D eigenvalue weighted by atomic mass is 79.9. The summed E-state index contributed by atoms with van der Waals surface area (Å²) in [4.78, 5) is 27.9. The number of amides is 1. The van der Waals surface area contributed by atoms with Crippen LogP contribution in [0.2, 0.25) is 5.02 Å². The van der Waals surface area contributed by atoms with Gasteiger partial charge in [0, 0.05) is 28.7 Å². The number of primary amides is 1. The molecule has 0 unspecified atom stereocenters. The Bertz CT molecular complexity index is 859. The van der Waals surface area contributed by atoms with Gasteiger partial charge in [0.1, 0.15) is 12.0 Å². The first-order valence-corrected chi connectivity index (χ1v) is 8.20. The van der Waals surface area contributed by atoms with Crippen LogP contribution in [0.4, 0.5) is 11.5 Å². The molecule has 1 aliphatic heterocycles.